The summed E-state index contributed by atoms with van der Waals surface area (Å²) >= 11 is 0. The maximum atomic E-state index is 12.6. The van der Waals surface area contributed by atoms with Gasteiger partial charge in [0.1, 0.15) is 11.6 Å². The molecule has 4 rings (SSSR count). The number of nitrogens with one attached hydrogen (secondary N) is 3. The van der Waals surface area contributed by atoms with Crippen LogP contribution in [0.15, 0.2) is 78.9 Å². The summed E-state index contributed by atoms with van der Waals surface area (Å²) in [6, 6.07) is 23.3. The highest BCUT2D eigenvalue weighted by Crippen LogP contribution is 2.21. The molecule has 0 aliphatic rings. The van der Waals surface area contributed by atoms with E-state index in [2.05, 4.69) is 20.6 Å². The van der Waals surface area contributed by atoms with Crippen LogP contribution in [0, 0.1) is 0 Å². The Bertz CT molecular complexity index is 1040. The normalized spacial score (nSPS) is 11.9. The molecule has 6 nitrogen and oxygen atoms in total. The number of fused-ring (bicyclic) bond motifs is 1. The van der Waals surface area contributed by atoms with Gasteiger partial charge in [0.2, 0.25) is 0 Å². The highest BCUT2D eigenvalue weighted by atomic mass is 16.3. The molecule has 4 N–H and O–H groups in total. The van der Waals surface area contributed by atoms with Crippen LogP contribution in [0.5, 0.6) is 5.75 Å². The Hall–Kier alpha value is -3.80. The number of aromatic amines is 1. The van der Waals surface area contributed by atoms with E-state index in [4.69, 9.17) is 0 Å². The van der Waals surface area contributed by atoms with Gasteiger partial charge < -0.3 is 20.7 Å². The summed E-state index contributed by atoms with van der Waals surface area (Å²) in [4.78, 5) is 20.5. The summed E-state index contributed by atoms with van der Waals surface area (Å²) in [5.41, 5.74) is 3.45. The van der Waals surface area contributed by atoms with Crippen molar-refractivity contribution in [2.45, 2.75) is 12.5 Å². The van der Waals surface area contributed by atoms with Crippen molar-refractivity contribution in [3.63, 3.8) is 0 Å². The van der Waals surface area contributed by atoms with Crippen molar-refractivity contribution in [3.8, 4) is 5.75 Å². The van der Waals surface area contributed by atoms with Crippen LogP contribution in [0.4, 0.5) is 10.5 Å². The van der Waals surface area contributed by atoms with Crippen LogP contribution in [0.3, 0.4) is 0 Å². The molecule has 1 atom stereocenters. The van der Waals surface area contributed by atoms with Crippen molar-refractivity contribution in [1.82, 2.24) is 15.3 Å². The average molecular weight is 372 g/mol. The number of hydrogen-bond acceptors (Lipinski definition) is 3. The second-order valence-electron chi connectivity index (χ2n) is 6.53. The lowest BCUT2D eigenvalue weighted by atomic mass is 10.1. The molecule has 0 saturated heterocycles. The van der Waals surface area contributed by atoms with E-state index in [1.165, 1.54) is 0 Å². The molecule has 1 heterocycles. The van der Waals surface area contributed by atoms with Crippen molar-refractivity contribution < 1.29 is 9.90 Å². The van der Waals surface area contributed by atoms with Gasteiger partial charge in [-0.15, -0.1) is 0 Å². The number of aromatic nitrogens is 2. The number of rotatable bonds is 5. The maximum Gasteiger partial charge on any atom is 0.319 e. The summed E-state index contributed by atoms with van der Waals surface area (Å²) in [6.07, 6.45) is 0.530. The third kappa shape index (κ3) is 4.12. The number of hydrogen-bond donors (Lipinski definition) is 4. The molecule has 0 bridgehead atoms. The number of phenolic OH excluding ortho intramolecular Hbond substituents is 1. The zero-order chi connectivity index (χ0) is 19.3. The minimum absolute atomic E-state index is 0.207. The predicted molar refractivity (Wildman–Crippen MR) is 109 cm³/mol. The molecule has 3 aromatic carbocycles. The van der Waals surface area contributed by atoms with Crippen LogP contribution >= 0.6 is 0 Å². The van der Waals surface area contributed by atoms with Gasteiger partial charge in [-0.25, -0.2) is 9.78 Å². The number of H-pyrrole nitrogens is 1. The molecular weight excluding hydrogens is 352 g/mol. The molecule has 1 aromatic heterocycles. The Morgan fingerprint density at radius 2 is 1.68 bits per heavy atom. The number of anilines is 1. The molecule has 4 aromatic rings. The quantitative estimate of drug-likeness (QED) is 0.419. The Morgan fingerprint density at radius 3 is 2.43 bits per heavy atom. The Morgan fingerprint density at radius 1 is 0.964 bits per heavy atom. The Labute approximate surface area is 162 Å². The number of amides is 2. The van der Waals surface area contributed by atoms with Crippen molar-refractivity contribution in [1.29, 1.82) is 0 Å². The second-order valence-corrected chi connectivity index (χ2v) is 6.53. The molecule has 0 aliphatic heterocycles. The minimum atomic E-state index is -0.361. The van der Waals surface area contributed by atoms with Crippen LogP contribution in [0.25, 0.3) is 11.0 Å². The van der Waals surface area contributed by atoms with E-state index in [1.54, 1.807) is 12.1 Å². The molecule has 2 amide bonds. The number of para-hydroxylation sites is 3. The fourth-order valence-electron chi connectivity index (χ4n) is 3.07. The Kier molecular flexibility index (Phi) is 4.93. The zero-order valence-corrected chi connectivity index (χ0v) is 15.1. The van der Waals surface area contributed by atoms with Crippen LogP contribution in [-0.4, -0.2) is 21.1 Å². The number of aromatic hydroxyl groups is 1. The van der Waals surface area contributed by atoms with E-state index in [1.807, 2.05) is 66.7 Å². The Balaban J connectivity index is 1.58. The highest BCUT2D eigenvalue weighted by molar-refractivity contribution is 5.89. The lowest BCUT2D eigenvalue weighted by Crippen LogP contribution is -2.34. The van der Waals surface area contributed by atoms with E-state index in [0.717, 1.165) is 16.6 Å². The third-order valence-corrected chi connectivity index (χ3v) is 4.45. The maximum absolute atomic E-state index is 12.6. The van der Waals surface area contributed by atoms with E-state index in [9.17, 15) is 9.90 Å². The fourth-order valence-corrected chi connectivity index (χ4v) is 3.07. The molecule has 6 heteroatoms. The molecule has 0 fully saturated rings. The number of imidazole rings is 1. The van der Waals surface area contributed by atoms with E-state index in [0.29, 0.717) is 17.9 Å². The van der Waals surface area contributed by atoms with Gasteiger partial charge in [0, 0.05) is 5.69 Å². The first-order chi connectivity index (χ1) is 13.7. The minimum Gasteiger partial charge on any atom is -0.508 e. The molecular formula is C22H20N4O2. The van der Waals surface area contributed by atoms with E-state index < -0.39 is 0 Å². The lowest BCUT2D eigenvalue weighted by molar-refractivity contribution is 0.248. The first-order valence-electron chi connectivity index (χ1n) is 9.02. The lowest BCUT2D eigenvalue weighted by Gasteiger charge is -2.17. The van der Waals surface area contributed by atoms with Gasteiger partial charge in [-0.2, -0.15) is 0 Å². The van der Waals surface area contributed by atoms with Gasteiger partial charge >= 0.3 is 6.03 Å². The topological polar surface area (TPSA) is 90.0 Å². The summed E-state index contributed by atoms with van der Waals surface area (Å²) in [7, 11) is 0. The number of urea groups is 1. The number of carbonyl (C=O) groups excluding carboxylic acids is 1. The fraction of sp³-hybridized carbons (Fsp3) is 0.0909. The number of carbonyl (C=O) groups is 1. The van der Waals surface area contributed by atoms with Crippen molar-refractivity contribution in [3.05, 3.63) is 90.3 Å². The first kappa shape index (κ1) is 17.6. The monoisotopic (exact) mass is 372 g/mol. The summed E-state index contributed by atoms with van der Waals surface area (Å²) < 4.78 is 0. The van der Waals surface area contributed by atoms with Crippen molar-refractivity contribution in [2.75, 3.05) is 5.32 Å². The third-order valence-electron chi connectivity index (χ3n) is 4.45. The second kappa shape index (κ2) is 7.84. The SMILES string of the molecule is O=C(Nc1ccccc1)N[C@H](Cc1ccc(O)cc1)c1nc2ccccc2[nH]1. The number of phenols is 1. The molecule has 140 valence electrons. The molecule has 0 saturated carbocycles. The zero-order valence-electron chi connectivity index (χ0n) is 15.1. The number of benzene rings is 3. The molecule has 0 spiro atoms. The van der Waals surface area contributed by atoms with Gasteiger partial charge in [0.15, 0.2) is 0 Å². The average Bonchev–Trinajstić information content (AvgIpc) is 3.14. The van der Waals surface area contributed by atoms with Crippen molar-refractivity contribution >= 4 is 22.8 Å². The summed E-state index contributed by atoms with van der Waals surface area (Å²) in [5, 5.41) is 15.4. The first-order valence-corrected chi connectivity index (χ1v) is 9.02. The molecule has 0 radical (unpaired) electrons. The molecule has 0 unspecified atom stereocenters. The van der Waals surface area contributed by atoms with Gasteiger partial charge in [-0.1, -0.05) is 42.5 Å². The largest absolute Gasteiger partial charge is 0.508 e. The summed E-state index contributed by atoms with van der Waals surface area (Å²) in [5.74, 6) is 0.885. The number of nitrogens with zero attached hydrogens (tertiary/aromatic N) is 1. The van der Waals surface area contributed by atoms with Gasteiger partial charge in [0.25, 0.3) is 0 Å². The predicted octanol–water partition coefficient (Wildman–Crippen LogP) is 4.37. The van der Waals surface area contributed by atoms with Crippen molar-refractivity contribution in [2.24, 2.45) is 0 Å². The van der Waals surface area contributed by atoms with Gasteiger partial charge in [-0.3, -0.25) is 0 Å². The van der Waals surface area contributed by atoms with E-state index >= 15 is 0 Å². The summed E-state index contributed by atoms with van der Waals surface area (Å²) in [6.45, 7) is 0. The van der Waals surface area contributed by atoms with Crippen LogP contribution in [0.2, 0.25) is 0 Å². The van der Waals surface area contributed by atoms with E-state index in [-0.39, 0.29) is 17.8 Å². The van der Waals surface area contributed by atoms with Crippen LogP contribution in [-0.2, 0) is 6.42 Å². The van der Waals surface area contributed by atoms with Crippen LogP contribution < -0.4 is 10.6 Å². The molecule has 28 heavy (non-hydrogen) atoms. The smallest absolute Gasteiger partial charge is 0.319 e. The standard InChI is InChI=1S/C22H20N4O2/c27-17-12-10-15(11-13-17)14-20(21-24-18-8-4-5-9-19(18)25-21)26-22(28)23-16-6-2-1-3-7-16/h1-13,20,27H,14H2,(H,24,25)(H2,23,26,28)/t20-/m1/s1. The van der Waals surface area contributed by atoms with Crippen LogP contribution in [0.1, 0.15) is 17.4 Å². The molecule has 0 aliphatic carbocycles. The van der Waals surface area contributed by atoms with Gasteiger partial charge in [-0.05, 0) is 48.4 Å². The van der Waals surface area contributed by atoms with Gasteiger partial charge in [0.05, 0.1) is 17.1 Å². The highest BCUT2D eigenvalue weighted by Gasteiger charge is 2.19.